The van der Waals surface area contributed by atoms with Gasteiger partial charge >= 0.3 is 0 Å². The number of carbonyl (C=O) groups excluding carboxylic acids is 1. The first-order valence-electron chi connectivity index (χ1n) is 9.10. The predicted molar refractivity (Wildman–Crippen MR) is 114 cm³/mol. The third-order valence-corrected chi connectivity index (χ3v) is 5.29. The molecule has 0 aliphatic rings. The normalized spacial score (nSPS) is 10.8. The molecule has 0 radical (unpaired) electrons. The molecule has 0 spiro atoms. The molecule has 4 rings (SSSR count). The fourth-order valence-electron chi connectivity index (χ4n) is 2.99. The lowest BCUT2D eigenvalue weighted by atomic mass is 10.3. The Morgan fingerprint density at radius 1 is 1.00 bits per heavy atom. The lowest BCUT2D eigenvalue weighted by Gasteiger charge is -2.11. The van der Waals surface area contributed by atoms with Crippen molar-refractivity contribution in [2.75, 3.05) is 11.1 Å². The Morgan fingerprint density at radius 2 is 1.72 bits per heavy atom. The minimum atomic E-state index is -0.440. The number of nitrogens with zero attached hydrogens (tertiary/aromatic N) is 3. The summed E-state index contributed by atoms with van der Waals surface area (Å²) in [5, 5.41) is 7.16. The average Bonchev–Trinajstić information content (AvgIpc) is 3.40. The SMILES string of the molecule is O=C(CSCc1cnn(-c2ccccc2)c1-n1cccc1)Nc1ccccc1F. The first-order chi connectivity index (χ1) is 14.2. The number of anilines is 1. The number of hydrogen-bond donors (Lipinski definition) is 1. The van der Waals surface area contributed by atoms with Crippen LogP contribution in [-0.2, 0) is 10.5 Å². The van der Waals surface area contributed by atoms with Crippen LogP contribution in [0.5, 0.6) is 0 Å². The van der Waals surface area contributed by atoms with Crippen molar-refractivity contribution in [2.24, 2.45) is 0 Å². The number of rotatable bonds is 7. The second kappa shape index (κ2) is 8.79. The molecule has 29 heavy (non-hydrogen) atoms. The van der Waals surface area contributed by atoms with Crippen molar-refractivity contribution in [3.63, 3.8) is 0 Å². The molecule has 1 N–H and O–H groups in total. The van der Waals surface area contributed by atoms with Crippen molar-refractivity contribution in [1.82, 2.24) is 14.3 Å². The number of carbonyl (C=O) groups is 1. The zero-order valence-electron chi connectivity index (χ0n) is 15.5. The van der Waals surface area contributed by atoms with Gasteiger partial charge < -0.3 is 9.88 Å². The molecule has 0 saturated heterocycles. The second-order valence-corrected chi connectivity index (χ2v) is 7.34. The number of hydrogen-bond acceptors (Lipinski definition) is 3. The molecular formula is C22H19FN4OS. The molecule has 0 atom stereocenters. The van der Waals surface area contributed by atoms with Crippen molar-refractivity contribution < 1.29 is 9.18 Å². The number of amides is 1. The molecule has 4 aromatic rings. The second-order valence-electron chi connectivity index (χ2n) is 6.35. The predicted octanol–water partition coefficient (Wildman–Crippen LogP) is 4.67. The van der Waals surface area contributed by atoms with Crippen molar-refractivity contribution in [2.45, 2.75) is 5.75 Å². The summed E-state index contributed by atoms with van der Waals surface area (Å²) in [6, 6.07) is 20.0. The van der Waals surface area contributed by atoms with Gasteiger partial charge in [-0.15, -0.1) is 11.8 Å². The van der Waals surface area contributed by atoms with Gasteiger partial charge in [0.2, 0.25) is 5.91 Å². The molecular weight excluding hydrogens is 387 g/mol. The van der Waals surface area contributed by atoms with Gasteiger partial charge in [0.05, 0.1) is 23.3 Å². The molecule has 0 unspecified atom stereocenters. The first kappa shape index (κ1) is 19.0. The van der Waals surface area contributed by atoms with Gasteiger partial charge in [-0.25, -0.2) is 9.07 Å². The average molecular weight is 406 g/mol. The Morgan fingerprint density at radius 3 is 2.48 bits per heavy atom. The molecule has 0 saturated carbocycles. The van der Waals surface area contributed by atoms with Gasteiger partial charge in [-0.2, -0.15) is 5.10 Å². The molecule has 1 amide bonds. The standard InChI is InChI=1S/C22H19FN4OS/c23-19-10-4-5-11-20(19)25-21(28)16-29-15-17-14-24-27(18-8-2-1-3-9-18)22(17)26-12-6-7-13-26/h1-14H,15-16H2,(H,25,28). The fourth-order valence-corrected chi connectivity index (χ4v) is 3.77. The molecule has 146 valence electrons. The molecule has 7 heteroatoms. The zero-order valence-corrected chi connectivity index (χ0v) is 16.3. The molecule has 2 heterocycles. The largest absolute Gasteiger partial charge is 0.323 e. The Labute approximate surface area is 172 Å². The van der Waals surface area contributed by atoms with Gasteiger partial charge in [-0.3, -0.25) is 4.79 Å². The van der Waals surface area contributed by atoms with E-state index in [1.54, 1.807) is 18.2 Å². The van der Waals surface area contributed by atoms with E-state index in [9.17, 15) is 9.18 Å². The van der Waals surface area contributed by atoms with Crippen molar-refractivity contribution in [3.8, 4) is 11.5 Å². The summed E-state index contributed by atoms with van der Waals surface area (Å²) in [5.74, 6) is 1.08. The Bertz CT molecular complexity index is 1090. The number of nitrogens with one attached hydrogen (secondary N) is 1. The lowest BCUT2D eigenvalue weighted by Crippen LogP contribution is -2.15. The lowest BCUT2D eigenvalue weighted by molar-refractivity contribution is -0.113. The summed E-state index contributed by atoms with van der Waals surface area (Å²) >= 11 is 1.46. The fraction of sp³-hybridized carbons (Fsp3) is 0.0909. The minimum absolute atomic E-state index is 0.197. The third kappa shape index (κ3) is 4.41. The topological polar surface area (TPSA) is 51.9 Å². The van der Waals surface area contributed by atoms with Crippen LogP contribution in [0.15, 0.2) is 85.3 Å². The van der Waals surface area contributed by atoms with Crippen LogP contribution in [0, 0.1) is 5.82 Å². The summed E-state index contributed by atoms with van der Waals surface area (Å²) in [6.45, 7) is 0. The van der Waals surface area contributed by atoms with Crippen molar-refractivity contribution in [1.29, 1.82) is 0 Å². The number of para-hydroxylation sites is 2. The van der Waals surface area contributed by atoms with Crippen LogP contribution in [0.4, 0.5) is 10.1 Å². The maximum absolute atomic E-state index is 13.7. The van der Waals surface area contributed by atoms with E-state index in [2.05, 4.69) is 10.4 Å². The molecule has 5 nitrogen and oxygen atoms in total. The highest BCUT2D eigenvalue weighted by atomic mass is 32.2. The van der Waals surface area contributed by atoms with Crippen LogP contribution in [-0.4, -0.2) is 26.0 Å². The van der Waals surface area contributed by atoms with E-state index in [1.807, 2.05) is 70.3 Å². The van der Waals surface area contributed by atoms with E-state index in [4.69, 9.17) is 0 Å². The van der Waals surface area contributed by atoms with E-state index in [0.717, 1.165) is 17.1 Å². The molecule has 0 aliphatic heterocycles. The third-order valence-electron chi connectivity index (χ3n) is 4.31. The number of thioether (sulfide) groups is 1. The Hall–Kier alpha value is -3.32. The molecule has 2 aromatic carbocycles. The highest BCUT2D eigenvalue weighted by Gasteiger charge is 2.15. The van der Waals surface area contributed by atoms with Crippen LogP contribution in [0.2, 0.25) is 0 Å². The van der Waals surface area contributed by atoms with E-state index >= 15 is 0 Å². The zero-order chi connectivity index (χ0) is 20.1. The summed E-state index contributed by atoms with van der Waals surface area (Å²) in [5.41, 5.74) is 2.17. The number of benzene rings is 2. The van der Waals surface area contributed by atoms with E-state index in [1.165, 1.54) is 17.8 Å². The smallest absolute Gasteiger partial charge is 0.234 e. The summed E-state index contributed by atoms with van der Waals surface area (Å²) in [6.07, 6.45) is 5.76. The van der Waals surface area contributed by atoms with Gasteiger partial charge in [-0.05, 0) is 36.4 Å². The highest BCUT2D eigenvalue weighted by molar-refractivity contribution is 7.99. The van der Waals surface area contributed by atoms with E-state index in [-0.39, 0.29) is 17.3 Å². The van der Waals surface area contributed by atoms with Gasteiger partial charge in [0.15, 0.2) is 0 Å². The van der Waals surface area contributed by atoms with Crippen LogP contribution in [0.25, 0.3) is 11.5 Å². The van der Waals surface area contributed by atoms with E-state index in [0.29, 0.717) is 5.75 Å². The van der Waals surface area contributed by atoms with Gasteiger partial charge in [0.25, 0.3) is 0 Å². The number of aromatic nitrogens is 3. The van der Waals surface area contributed by atoms with Crippen molar-refractivity contribution in [3.05, 3.63) is 96.7 Å². The van der Waals surface area contributed by atoms with Gasteiger partial charge in [0.1, 0.15) is 11.6 Å². The quantitative estimate of drug-likeness (QED) is 0.485. The van der Waals surface area contributed by atoms with Crippen LogP contribution >= 0.6 is 11.8 Å². The minimum Gasteiger partial charge on any atom is -0.323 e. The highest BCUT2D eigenvalue weighted by Crippen LogP contribution is 2.24. The van der Waals surface area contributed by atoms with Crippen LogP contribution < -0.4 is 5.32 Å². The monoisotopic (exact) mass is 406 g/mol. The maximum atomic E-state index is 13.7. The summed E-state index contributed by atoms with van der Waals surface area (Å²) < 4.78 is 17.6. The number of halogens is 1. The van der Waals surface area contributed by atoms with Gasteiger partial charge in [-0.1, -0.05) is 30.3 Å². The van der Waals surface area contributed by atoms with Gasteiger partial charge in [0, 0.05) is 23.7 Å². The Kier molecular flexibility index (Phi) is 5.76. The molecule has 2 aromatic heterocycles. The Balaban J connectivity index is 1.47. The molecule has 0 fully saturated rings. The van der Waals surface area contributed by atoms with E-state index < -0.39 is 5.82 Å². The first-order valence-corrected chi connectivity index (χ1v) is 10.3. The molecule has 0 aliphatic carbocycles. The summed E-state index contributed by atoms with van der Waals surface area (Å²) in [7, 11) is 0. The summed E-state index contributed by atoms with van der Waals surface area (Å²) in [4.78, 5) is 12.2. The maximum Gasteiger partial charge on any atom is 0.234 e. The van der Waals surface area contributed by atoms with Crippen LogP contribution in [0.1, 0.15) is 5.56 Å². The van der Waals surface area contributed by atoms with Crippen LogP contribution in [0.3, 0.4) is 0 Å². The van der Waals surface area contributed by atoms with Crippen molar-refractivity contribution >= 4 is 23.4 Å². The molecule has 0 bridgehead atoms.